The predicted molar refractivity (Wildman–Crippen MR) is 100 cm³/mol. The molecule has 3 N–H and O–H groups in total. The van der Waals surface area contributed by atoms with Crippen LogP contribution in [0.4, 0.5) is 0 Å². The molecule has 0 saturated carbocycles. The summed E-state index contributed by atoms with van der Waals surface area (Å²) in [4.78, 5) is 40.0. The number of benzene rings is 1. The van der Waals surface area contributed by atoms with Crippen molar-refractivity contribution >= 4 is 17.8 Å². The number of imide groups is 1. The van der Waals surface area contributed by atoms with Gasteiger partial charge in [0.2, 0.25) is 11.8 Å². The van der Waals surface area contributed by atoms with E-state index in [1.54, 1.807) is 37.4 Å². The van der Waals surface area contributed by atoms with Gasteiger partial charge >= 0.3 is 0 Å². The van der Waals surface area contributed by atoms with Gasteiger partial charge in [-0.25, -0.2) is 0 Å². The van der Waals surface area contributed by atoms with Crippen LogP contribution in [-0.2, 0) is 14.4 Å². The molecule has 0 unspecified atom stereocenters. The molecule has 3 rings (SSSR count). The number of amides is 2. The average molecular weight is 404 g/mol. The minimum absolute atomic E-state index is 0.0431. The molecule has 0 aromatic heterocycles. The Hall–Kier alpha value is -2.61. The molecule has 2 amide bonds. The summed E-state index contributed by atoms with van der Waals surface area (Å²) in [5.74, 6) is -4.20. The highest BCUT2D eigenvalue weighted by Crippen LogP contribution is 2.48. The summed E-state index contributed by atoms with van der Waals surface area (Å²) in [6.07, 6.45) is 0.169. The summed E-state index contributed by atoms with van der Waals surface area (Å²) in [6, 6.07) is 3.74. The van der Waals surface area contributed by atoms with Crippen LogP contribution in [0.25, 0.3) is 0 Å². The van der Waals surface area contributed by atoms with Gasteiger partial charge in [0.1, 0.15) is 29.4 Å². The van der Waals surface area contributed by atoms with Crippen molar-refractivity contribution in [3.8, 4) is 11.5 Å². The smallest absolute Gasteiger partial charge is 0.240 e. The maximum atomic E-state index is 13.2. The molecule has 0 bridgehead atoms. The maximum Gasteiger partial charge on any atom is 0.240 e. The van der Waals surface area contributed by atoms with Crippen molar-refractivity contribution in [2.24, 2.45) is 17.8 Å². The third-order valence-corrected chi connectivity index (χ3v) is 6.06. The molecule has 1 aromatic rings. The lowest BCUT2D eigenvalue weighted by molar-refractivity contribution is -0.740. The summed E-state index contributed by atoms with van der Waals surface area (Å²) < 4.78 is 5.17. The number of hydrogen-bond acceptors (Lipinski definition) is 6. The third kappa shape index (κ3) is 3.06. The van der Waals surface area contributed by atoms with Crippen molar-refractivity contribution in [2.75, 3.05) is 7.11 Å². The lowest BCUT2D eigenvalue weighted by Crippen LogP contribution is -2.99. The quantitative estimate of drug-likeness (QED) is 0.620. The molecular weight excluding hydrogens is 376 g/mol. The van der Waals surface area contributed by atoms with Gasteiger partial charge in [0.05, 0.1) is 12.7 Å². The number of fused-ring (bicyclic) bond motifs is 1. The summed E-state index contributed by atoms with van der Waals surface area (Å²) in [7, 11) is 1.41. The van der Waals surface area contributed by atoms with E-state index in [4.69, 9.17) is 4.74 Å². The van der Waals surface area contributed by atoms with Crippen LogP contribution in [0.2, 0.25) is 0 Å². The molecule has 1 aromatic carbocycles. The van der Waals surface area contributed by atoms with Crippen LogP contribution < -0.4 is 15.2 Å². The molecule has 2 heterocycles. The van der Waals surface area contributed by atoms with Gasteiger partial charge < -0.3 is 25.1 Å². The summed E-state index contributed by atoms with van der Waals surface area (Å²) in [5, 5.41) is 24.6. The second-order valence-electron chi connectivity index (χ2n) is 8.66. The largest absolute Gasteiger partial charge is 0.544 e. The highest BCUT2D eigenvalue weighted by molar-refractivity contribution is 6.08. The van der Waals surface area contributed by atoms with Gasteiger partial charge in [0.15, 0.2) is 11.5 Å². The van der Waals surface area contributed by atoms with Crippen LogP contribution in [0.1, 0.15) is 45.7 Å². The van der Waals surface area contributed by atoms with Crippen molar-refractivity contribution in [3.63, 3.8) is 0 Å². The molecule has 0 radical (unpaired) electrons. The summed E-state index contributed by atoms with van der Waals surface area (Å²) >= 11 is 0. The van der Waals surface area contributed by atoms with E-state index >= 15 is 0 Å². The Morgan fingerprint density at radius 1 is 1.28 bits per heavy atom. The fraction of sp³-hybridized carbons (Fsp3) is 0.571. The Kier molecular flexibility index (Phi) is 5.34. The zero-order valence-electron chi connectivity index (χ0n) is 17.3. The number of phenolic OH excluding ortho intramolecular Hbond substituents is 1. The molecule has 158 valence electrons. The average Bonchev–Trinajstić information content (AvgIpc) is 3.09. The van der Waals surface area contributed by atoms with E-state index in [2.05, 4.69) is 0 Å². The summed E-state index contributed by atoms with van der Waals surface area (Å²) in [6.45, 7) is 7.18. The van der Waals surface area contributed by atoms with Crippen molar-refractivity contribution in [2.45, 2.75) is 51.7 Å². The number of para-hydroxylation sites is 1. The molecule has 8 heteroatoms. The molecule has 2 aliphatic heterocycles. The number of likely N-dealkylation sites (tertiary alicyclic amines) is 1. The molecule has 0 spiro atoms. The fourth-order valence-electron chi connectivity index (χ4n) is 5.06. The Balaban J connectivity index is 2.21. The number of methoxy groups -OCH3 is 1. The number of aromatic hydroxyl groups is 1. The Morgan fingerprint density at radius 2 is 1.93 bits per heavy atom. The lowest BCUT2D eigenvalue weighted by atomic mass is 9.75. The number of ether oxygens (including phenoxy) is 1. The van der Waals surface area contributed by atoms with Crippen molar-refractivity contribution < 1.29 is 34.7 Å². The van der Waals surface area contributed by atoms with Crippen molar-refractivity contribution in [3.05, 3.63) is 23.8 Å². The number of aliphatic carboxylic acids is 1. The number of carbonyl (C=O) groups excluding carboxylic acids is 3. The zero-order valence-corrected chi connectivity index (χ0v) is 17.3. The van der Waals surface area contributed by atoms with Gasteiger partial charge in [0, 0.05) is 12.5 Å². The number of phenols is 1. The molecule has 4 atom stereocenters. The molecule has 0 aliphatic carbocycles. The number of hydrogen-bond donors (Lipinski definition) is 2. The van der Waals surface area contributed by atoms with Gasteiger partial charge in [-0.1, -0.05) is 19.9 Å². The second-order valence-corrected chi connectivity index (χ2v) is 8.66. The van der Waals surface area contributed by atoms with Crippen LogP contribution in [0, 0.1) is 17.8 Å². The van der Waals surface area contributed by atoms with E-state index in [1.807, 2.05) is 13.8 Å². The molecule has 8 nitrogen and oxygen atoms in total. The van der Waals surface area contributed by atoms with Crippen molar-refractivity contribution in [1.29, 1.82) is 0 Å². The van der Waals surface area contributed by atoms with E-state index in [0.717, 1.165) is 4.90 Å². The molecular formula is C21H28N2O6. The monoisotopic (exact) mass is 404 g/mol. The Morgan fingerprint density at radius 3 is 2.45 bits per heavy atom. The normalized spacial score (nSPS) is 29.1. The number of nitrogens with zero attached hydrogens (tertiary/aromatic N) is 1. The number of rotatable bonds is 6. The van der Waals surface area contributed by atoms with Gasteiger partial charge in [-0.2, -0.15) is 0 Å². The lowest BCUT2D eigenvalue weighted by Gasteiger charge is -2.34. The van der Waals surface area contributed by atoms with E-state index in [9.17, 15) is 24.6 Å². The zero-order chi connectivity index (χ0) is 21.7. The molecule has 2 fully saturated rings. The number of carboxylic acid groups (broad SMARTS) is 1. The van der Waals surface area contributed by atoms with E-state index in [0.29, 0.717) is 5.56 Å². The van der Waals surface area contributed by atoms with Crippen LogP contribution in [0.3, 0.4) is 0 Å². The van der Waals surface area contributed by atoms with Crippen LogP contribution >= 0.6 is 0 Å². The standard InChI is InChI=1S/C21H28N2O6/c1-10(2)9-21(20(27)28)15-14(18(25)23(11(3)4)19(15)26)16(22-21)12-7-6-8-13(29-5)17(12)24/h6-8,10-11,14-16,22,24H,9H2,1-5H3,(H,27,28)/t14-,15-,16-,21+/m0/s1. The first kappa shape index (κ1) is 21.1. The highest BCUT2D eigenvalue weighted by Gasteiger charge is 2.70. The fourth-order valence-corrected chi connectivity index (χ4v) is 5.06. The molecule has 2 saturated heterocycles. The first-order valence-electron chi connectivity index (χ1n) is 9.87. The first-order chi connectivity index (χ1) is 13.6. The number of quaternary nitrogens is 1. The molecule has 29 heavy (non-hydrogen) atoms. The predicted octanol–water partition coefficient (Wildman–Crippen LogP) is -0.437. The topological polar surface area (TPSA) is 124 Å². The van der Waals surface area contributed by atoms with Crippen LogP contribution in [0.5, 0.6) is 11.5 Å². The Labute approximate surface area is 169 Å². The Bertz CT molecular complexity index is 852. The minimum atomic E-state index is -1.59. The van der Waals surface area contributed by atoms with Gasteiger partial charge in [0.25, 0.3) is 0 Å². The maximum absolute atomic E-state index is 13.2. The van der Waals surface area contributed by atoms with Crippen LogP contribution in [-0.4, -0.2) is 46.5 Å². The van der Waals surface area contributed by atoms with E-state index in [1.165, 1.54) is 7.11 Å². The van der Waals surface area contributed by atoms with Crippen molar-refractivity contribution in [1.82, 2.24) is 4.90 Å². The number of nitrogens with two attached hydrogens (primary N) is 1. The first-order valence-corrected chi connectivity index (χ1v) is 9.87. The van der Waals surface area contributed by atoms with E-state index < -0.39 is 47.2 Å². The highest BCUT2D eigenvalue weighted by atomic mass is 16.5. The summed E-state index contributed by atoms with van der Waals surface area (Å²) in [5.41, 5.74) is -1.21. The van der Waals surface area contributed by atoms with E-state index in [-0.39, 0.29) is 23.8 Å². The minimum Gasteiger partial charge on any atom is -0.544 e. The number of carboxylic acids is 1. The third-order valence-electron chi connectivity index (χ3n) is 6.06. The number of carbonyl (C=O) groups is 3. The van der Waals surface area contributed by atoms with Gasteiger partial charge in [-0.05, 0) is 31.9 Å². The van der Waals surface area contributed by atoms with Crippen LogP contribution in [0.15, 0.2) is 18.2 Å². The molecule has 2 aliphatic rings. The second kappa shape index (κ2) is 7.33. The SMILES string of the molecule is COc1cccc([C@@H]2[NH2+][C@@](CC(C)C)(C(=O)[O-])[C@@H]3C(=O)N(C(C)C)C(=O)[C@@H]32)c1O. The van der Waals surface area contributed by atoms with Gasteiger partial charge in [-0.15, -0.1) is 0 Å². The van der Waals surface area contributed by atoms with Gasteiger partial charge in [-0.3, -0.25) is 14.5 Å².